The van der Waals surface area contributed by atoms with Gasteiger partial charge < -0.3 is 4.57 Å². The van der Waals surface area contributed by atoms with Gasteiger partial charge in [0.1, 0.15) is 5.82 Å². The molecule has 4 heterocycles. The molecule has 0 spiro atoms. The minimum absolute atomic E-state index is 0.907. The molecule has 0 fully saturated rings. The van der Waals surface area contributed by atoms with Crippen LogP contribution in [0.15, 0.2) is 134 Å². The zero-order chi connectivity index (χ0) is 30.5. The number of rotatable bonds is 5. The normalized spacial score (nSPS) is 11.4. The second kappa shape index (κ2) is 10.7. The van der Waals surface area contributed by atoms with E-state index in [0.29, 0.717) is 0 Å². The Labute approximate surface area is 262 Å². The van der Waals surface area contributed by atoms with E-state index in [1.54, 1.807) is 0 Å². The van der Waals surface area contributed by atoms with Crippen LogP contribution in [0.25, 0.3) is 67.0 Å². The SMILES string of the molecule is Cc1cc(C)c(-n2c(-c3ccncc3)cnc2-c2ccc(-n3c4ccccc4c4c(-c5cccnc5)cccc43)cc2)c(C)c1. The van der Waals surface area contributed by atoms with E-state index in [4.69, 9.17) is 4.98 Å². The lowest BCUT2D eigenvalue weighted by Gasteiger charge is -2.18. The number of aryl methyl sites for hydroxylation is 3. The molecule has 0 saturated heterocycles. The van der Waals surface area contributed by atoms with Crippen LogP contribution in [0.1, 0.15) is 16.7 Å². The van der Waals surface area contributed by atoms with Crippen molar-refractivity contribution in [2.45, 2.75) is 20.8 Å². The molecule has 0 saturated carbocycles. The van der Waals surface area contributed by atoms with Crippen LogP contribution in [-0.4, -0.2) is 24.1 Å². The minimum atomic E-state index is 0.907. The van der Waals surface area contributed by atoms with E-state index < -0.39 is 0 Å². The summed E-state index contributed by atoms with van der Waals surface area (Å²) in [6, 6.07) is 36.7. The number of fused-ring (bicyclic) bond motifs is 3. The van der Waals surface area contributed by atoms with Crippen molar-refractivity contribution in [1.29, 1.82) is 0 Å². The Balaban J connectivity index is 1.31. The van der Waals surface area contributed by atoms with Gasteiger partial charge in [0.25, 0.3) is 0 Å². The summed E-state index contributed by atoms with van der Waals surface area (Å²) in [4.78, 5) is 13.7. The molecular weight excluding hydrogens is 550 g/mol. The first-order chi connectivity index (χ1) is 22.1. The molecule has 0 radical (unpaired) electrons. The fraction of sp³-hybridized carbons (Fsp3) is 0.0750. The average molecular weight is 582 g/mol. The number of aromatic nitrogens is 5. The summed E-state index contributed by atoms with van der Waals surface area (Å²) in [5.74, 6) is 0.907. The topological polar surface area (TPSA) is 48.5 Å². The maximum atomic E-state index is 5.01. The first-order valence-corrected chi connectivity index (χ1v) is 15.2. The van der Waals surface area contributed by atoms with Gasteiger partial charge in [0.05, 0.1) is 28.6 Å². The number of pyridine rings is 2. The van der Waals surface area contributed by atoms with Gasteiger partial charge in [-0.15, -0.1) is 0 Å². The number of benzene rings is 4. The van der Waals surface area contributed by atoms with E-state index in [-0.39, 0.29) is 0 Å². The Morgan fingerprint density at radius 1 is 0.556 bits per heavy atom. The number of hydrogen-bond donors (Lipinski definition) is 0. The van der Waals surface area contributed by atoms with Gasteiger partial charge in [-0.3, -0.25) is 14.5 Å². The third-order valence-electron chi connectivity index (χ3n) is 8.65. The fourth-order valence-electron chi connectivity index (χ4n) is 6.85. The quantitative estimate of drug-likeness (QED) is 0.203. The molecule has 0 N–H and O–H groups in total. The Bertz CT molecular complexity index is 2310. The highest BCUT2D eigenvalue weighted by Gasteiger charge is 2.20. The summed E-state index contributed by atoms with van der Waals surface area (Å²) in [6.45, 7) is 6.51. The van der Waals surface area contributed by atoms with E-state index in [1.165, 1.54) is 38.5 Å². The third-order valence-corrected chi connectivity index (χ3v) is 8.65. The summed E-state index contributed by atoms with van der Waals surface area (Å²) < 4.78 is 4.66. The lowest BCUT2D eigenvalue weighted by atomic mass is 10.0. The number of para-hydroxylation sites is 1. The molecule has 0 atom stereocenters. The molecule has 0 amide bonds. The largest absolute Gasteiger partial charge is 0.309 e. The molecule has 5 nitrogen and oxygen atoms in total. The number of imidazole rings is 1. The highest BCUT2D eigenvalue weighted by Crippen LogP contribution is 2.39. The number of nitrogens with zero attached hydrogens (tertiary/aromatic N) is 5. The van der Waals surface area contributed by atoms with Crippen molar-refractivity contribution >= 4 is 21.8 Å². The first kappa shape index (κ1) is 26.8. The molecule has 4 aromatic heterocycles. The Hall–Kier alpha value is -5.81. The van der Waals surface area contributed by atoms with E-state index in [0.717, 1.165) is 45.1 Å². The molecule has 5 heteroatoms. The van der Waals surface area contributed by atoms with Gasteiger partial charge in [0, 0.05) is 57.9 Å². The zero-order valence-electron chi connectivity index (χ0n) is 25.4. The van der Waals surface area contributed by atoms with Crippen molar-refractivity contribution in [3.05, 3.63) is 151 Å². The Morgan fingerprint density at radius 2 is 1.31 bits per heavy atom. The van der Waals surface area contributed by atoms with E-state index in [1.807, 2.05) is 49.2 Å². The lowest BCUT2D eigenvalue weighted by Crippen LogP contribution is -2.05. The van der Waals surface area contributed by atoms with E-state index >= 15 is 0 Å². The van der Waals surface area contributed by atoms with Crippen molar-refractivity contribution in [2.75, 3.05) is 0 Å². The monoisotopic (exact) mass is 581 g/mol. The van der Waals surface area contributed by atoms with Crippen molar-refractivity contribution in [2.24, 2.45) is 0 Å². The third kappa shape index (κ3) is 4.44. The van der Waals surface area contributed by atoms with Gasteiger partial charge in [0.15, 0.2) is 0 Å². The molecule has 0 aliphatic carbocycles. The lowest BCUT2D eigenvalue weighted by molar-refractivity contribution is 1.03. The maximum Gasteiger partial charge on any atom is 0.145 e. The predicted molar refractivity (Wildman–Crippen MR) is 184 cm³/mol. The molecule has 0 aliphatic rings. The van der Waals surface area contributed by atoms with Gasteiger partial charge in [-0.05, 0) is 92.1 Å². The molecule has 0 unspecified atom stereocenters. The van der Waals surface area contributed by atoms with Crippen molar-refractivity contribution < 1.29 is 0 Å². The summed E-state index contributed by atoms with van der Waals surface area (Å²) in [5.41, 5.74) is 13.7. The highest BCUT2D eigenvalue weighted by molar-refractivity contribution is 6.15. The van der Waals surface area contributed by atoms with Crippen LogP contribution in [0.3, 0.4) is 0 Å². The average Bonchev–Trinajstić information content (AvgIpc) is 3.65. The van der Waals surface area contributed by atoms with Crippen LogP contribution in [0.5, 0.6) is 0 Å². The fourth-order valence-corrected chi connectivity index (χ4v) is 6.85. The molecule has 0 aliphatic heterocycles. The zero-order valence-corrected chi connectivity index (χ0v) is 25.4. The Morgan fingerprint density at radius 3 is 2.07 bits per heavy atom. The molecule has 4 aromatic carbocycles. The standard InChI is InChI=1S/C40H31N5/c1-26-22-27(2)39(28(3)23-26)45-37(29-17-20-41-21-18-29)25-43-40(45)30-13-15-32(16-14-30)44-35-11-5-4-9-34(35)38-33(10-6-12-36(38)44)31-8-7-19-42-24-31/h4-25H,1-3H3. The highest BCUT2D eigenvalue weighted by atomic mass is 15.1. The first-order valence-electron chi connectivity index (χ1n) is 15.2. The molecule has 8 aromatic rings. The second-order valence-corrected chi connectivity index (χ2v) is 11.6. The molecular formula is C40H31N5. The van der Waals surface area contributed by atoms with E-state index in [9.17, 15) is 0 Å². The van der Waals surface area contributed by atoms with Gasteiger partial charge in [-0.2, -0.15) is 0 Å². The predicted octanol–water partition coefficient (Wildman–Crippen LogP) is 9.69. The van der Waals surface area contributed by atoms with Crippen LogP contribution < -0.4 is 0 Å². The summed E-state index contributed by atoms with van der Waals surface area (Å²) >= 11 is 0. The van der Waals surface area contributed by atoms with Crippen LogP contribution in [0.2, 0.25) is 0 Å². The maximum absolute atomic E-state index is 5.01. The van der Waals surface area contributed by atoms with Crippen molar-refractivity contribution in [3.8, 4) is 45.1 Å². The van der Waals surface area contributed by atoms with Gasteiger partial charge in [0.2, 0.25) is 0 Å². The van der Waals surface area contributed by atoms with Crippen LogP contribution in [0.4, 0.5) is 0 Å². The summed E-state index contributed by atoms with van der Waals surface area (Å²) in [6.07, 6.45) is 9.41. The van der Waals surface area contributed by atoms with Crippen LogP contribution in [-0.2, 0) is 0 Å². The van der Waals surface area contributed by atoms with Gasteiger partial charge in [-0.25, -0.2) is 4.98 Å². The van der Waals surface area contributed by atoms with Crippen LogP contribution >= 0.6 is 0 Å². The molecule has 0 bridgehead atoms. The van der Waals surface area contributed by atoms with Gasteiger partial charge in [-0.1, -0.05) is 54.1 Å². The molecule has 8 rings (SSSR count). The summed E-state index contributed by atoms with van der Waals surface area (Å²) in [7, 11) is 0. The Kier molecular flexibility index (Phi) is 6.38. The van der Waals surface area contributed by atoms with E-state index in [2.05, 4.69) is 125 Å². The van der Waals surface area contributed by atoms with Gasteiger partial charge >= 0.3 is 0 Å². The minimum Gasteiger partial charge on any atom is -0.309 e. The number of hydrogen-bond acceptors (Lipinski definition) is 3. The smallest absolute Gasteiger partial charge is 0.145 e. The van der Waals surface area contributed by atoms with Crippen molar-refractivity contribution in [3.63, 3.8) is 0 Å². The second-order valence-electron chi connectivity index (χ2n) is 11.6. The summed E-state index contributed by atoms with van der Waals surface area (Å²) in [5, 5.41) is 2.45. The van der Waals surface area contributed by atoms with Crippen molar-refractivity contribution in [1.82, 2.24) is 24.1 Å². The molecule has 45 heavy (non-hydrogen) atoms. The molecule has 216 valence electrons. The van der Waals surface area contributed by atoms with Crippen LogP contribution in [0, 0.1) is 20.8 Å².